The van der Waals surface area contributed by atoms with Crippen LogP contribution in [0.1, 0.15) is 30.8 Å². The molecule has 1 aromatic heterocycles. The molecular formula is C19H25N4O2S+. The lowest BCUT2D eigenvalue weighted by Gasteiger charge is -2.17. The van der Waals surface area contributed by atoms with Crippen LogP contribution >= 0.6 is 11.3 Å². The Morgan fingerprint density at radius 3 is 2.96 bits per heavy atom. The number of nitrogens with one attached hydrogen (secondary N) is 3. The van der Waals surface area contributed by atoms with Crippen LogP contribution in [0.2, 0.25) is 0 Å². The topological polar surface area (TPSA) is 75.5 Å². The third kappa shape index (κ3) is 4.68. The van der Waals surface area contributed by atoms with Crippen molar-refractivity contribution in [3.8, 4) is 11.3 Å². The molecule has 0 spiro atoms. The van der Waals surface area contributed by atoms with Crippen molar-refractivity contribution in [1.29, 1.82) is 0 Å². The third-order valence-electron chi connectivity index (χ3n) is 4.21. The number of nitrogens with zero attached hydrogens (tertiary/aromatic N) is 1. The molecule has 7 heteroatoms. The average Bonchev–Trinajstić information content (AvgIpc) is 3.01. The molecule has 0 fully saturated rings. The summed E-state index contributed by atoms with van der Waals surface area (Å²) in [6.07, 6.45) is 1.30. The second-order valence-electron chi connectivity index (χ2n) is 7.08. The number of hydrogen-bond acceptors (Lipinski definition) is 4. The number of benzene rings is 1. The molecule has 1 aromatic carbocycles. The first-order valence-electron chi connectivity index (χ1n) is 8.89. The van der Waals surface area contributed by atoms with Crippen molar-refractivity contribution in [1.82, 2.24) is 10.3 Å². The van der Waals surface area contributed by atoms with Crippen LogP contribution in [0.3, 0.4) is 0 Å². The molecule has 1 unspecified atom stereocenters. The summed E-state index contributed by atoms with van der Waals surface area (Å²) in [4.78, 5) is 29.2. The van der Waals surface area contributed by atoms with E-state index < -0.39 is 0 Å². The fraction of sp³-hybridized carbons (Fsp3) is 0.421. The maximum absolute atomic E-state index is 11.9. The zero-order valence-electron chi connectivity index (χ0n) is 15.4. The van der Waals surface area contributed by atoms with Crippen LogP contribution in [0, 0.1) is 0 Å². The minimum Gasteiger partial charge on any atom is -0.349 e. The molecule has 1 atom stereocenters. The van der Waals surface area contributed by atoms with Gasteiger partial charge in [-0.1, -0.05) is 6.07 Å². The molecule has 0 saturated carbocycles. The lowest BCUT2D eigenvalue weighted by molar-refractivity contribution is -0.885. The van der Waals surface area contributed by atoms with Gasteiger partial charge in [0.2, 0.25) is 5.91 Å². The van der Waals surface area contributed by atoms with Crippen LogP contribution < -0.4 is 15.5 Å². The van der Waals surface area contributed by atoms with Gasteiger partial charge in [-0.25, -0.2) is 4.98 Å². The van der Waals surface area contributed by atoms with Crippen molar-refractivity contribution in [2.24, 2.45) is 0 Å². The van der Waals surface area contributed by atoms with Gasteiger partial charge in [-0.3, -0.25) is 9.59 Å². The van der Waals surface area contributed by atoms with E-state index in [-0.39, 0.29) is 17.9 Å². The Morgan fingerprint density at radius 2 is 2.19 bits per heavy atom. The number of hydrogen-bond donors (Lipinski definition) is 3. The van der Waals surface area contributed by atoms with Gasteiger partial charge in [0.1, 0.15) is 11.6 Å². The summed E-state index contributed by atoms with van der Waals surface area (Å²) in [7, 11) is 2.00. The van der Waals surface area contributed by atoms with Crippen LogP contribution in [0.15, 0.2) is 23.6 Å². The van der Waals surface area contributed by atoms with Gasteiger partial charge < -0.3 is 15.5 Å². The predicted molar refractivity (Wildman–Crippen MR) is 103 cm³/mol. The van der Waals surface area contributed by atoms with E-state index >= 15 is 0 Å². The molecule has 26 heavy (non-hydrogen) atoms. The van der Waals surface area contributed by atoms with Crippen molar-refractivity contribution < 1.29 is 14.5 Å². The quantitative estimate of drug-likeness (QED) is 0.713. The fourth-order valence-corrected chi connectivity index (χ4v) is 3.95. The van der Waals surface area contributed by atoms with Gasteiger partial charge in [0.05, 0.1) is 12.7 Å². The largest absolute Gasteiger partial charge is 0.349 e. The summed E-state index contributed by atoms with van der Waals surface area (Å²) in [5, 5.41) is 8.89. The molecule has 1 aliphatic rings. The second-order valence-corrected chi connectivity index (χ2v) is 8.02. The second kappa shape index (κ2) is 7.97. The number of carbonyl (C=O) groups excluding carboxylic acids is 2. The highest BCUT2D eigenvalue weighted by Crippen LogP contribution is 2.29. The first-order valence-corrected chi connectivity index (χ1v) is 9.77. The molecule has 3 rings (SSSR count). The molecule has 138 valence electrons. The summed E-state index contributed by atoms with van der Waals surface area (Å²) in [5.41, 5.74) is 4.08. The number of fused-ring (bicyclic) bond motifs is 1. The normalized spacial score (nSPS) is 14.7. The summed E-state index contributed by atoms with van der Waals surface area (Å²) in [5.74, 6) is 0.139. The monoisotopic (exact) mass is 373 g/mol. The Bertz CT molecular complexity index is 816. The first kappa shape index (κ1) is 18.5. The molecule has 0 aliphatic carbocycles. The van der Waals surface area contributed by atoms with Crippen molar-refractivity contribution >= 4 is 28.8 Å². The molecular weight excluding hydrogens is 348 g/mol. The maximum Gasteiger partial charge on any atom is 0.275 e. The van der Waals surface area contributed by atoms with Gasteiger partial charge in [-0.05, 0) is 38.0 Å². The van der Waals surface area contributed by atoms with E-state index in [2.05, 4.69) is 22.1 Å². The molecule has 0 bridgehead atoms. The van der Waals surface area contributed by atoms with Gasteiger partial charge in [0.25, 0.3) is 5.91 Å². The standard InChI is InChI=1S/C19H24N4O2S/c1-12(2)20-18(25)9-23(3)10-19-22-16(11-26-19)14-4-6-15-13(8-14)5-7-17(24)21-15/h4,6,8,11-12H,5,7,9-10H2,1-3H3,(H,20,25)(H,21,24)/p+1. The number of aromatic nitrogens is 1. The van der Waals surface area contributed by atoms with E-state index in [4.69, 9.17) is 4.98 Å². The van der Waals surface area contributed by atoms with Gasteiger partial charge in [0.15, 0.2) is 6.54 Å². The predicted octanol–water partition coefficient (Wildman–Crippen LogP) is 1.23. The van der Waals surface area contributed by atoms with Crippen molar-refractivity contribution in [3.63, 3.8) is 0 Å². The molecule has 2 aromatic rings. The van der Waals surface area contributed by atoms with Crippen molar-refractivity contribution in [2.75, 3.05) is 18.9 Å². The number of anilines is 1. The van der Waals surface area contributed by atoms with Gasteiger partial charge in [0, 0.05) is 29.1 Å². The summed E-state index contributed by atoms with van der Waals surface area (Å²) in [6, 6.07) is 6.22. The summed E-state index contributed by atoms with van der Waals surface area (Å²) in [6.45, 7) is 5.08. The highest BCUT2D eigenvalue weighted by atomic mass is 32.1. The number of thiazole rings is 1. The Labute approximate surface area is 157 Å². The molecule has 3 N–H and O–H groups in total. The summed E-state index contributed by atoms with van der Waals surface area (Å²) < 4.78 is 0. The molecule has 6 nitrogen and oxygen atoms in total. The van der Waals surface area contributed by atoms with E-state index in [0.717, 1.165) is 45.4 Å². The number of carbonyl (C=O) groups is 2. The number of likely N-dealkylation sites (N-methyl/N-ethyl adjacent to an activating group) is 1. The molecule has 2 amide bonds. The average molecular weight is 374 g/mol. The van der Waals surface area contributed by atoms with Gasteiger partial charge in [-0.15, -0.1) is 11.3 Å². The van der Waals surface area contributed by atoms with E-state index in [1.807, 2.05) is 33.0 Å². The molecule has 2 heterocycles. The molecule has 0 radical (unpaired) electrons. The van der Waals surface area contributed by atoms with E-state index in [0.29, 0.717) is 13.0 Å². The first-order chi connectivity index (χ1) is 12.4. The lowest BCUT2D eigenvalue weighted by Crippen LogP contribution is -3.09. The Morgan fingerprint density at radius 1 is 1.38 bits per heavy atom. The van der Waals surface area contributed by atoms with Crippen LogP contribution in [-0.4, -0.2) is 36.4 Å². The number of aryl methyl sites for hydroxylation is 1. The van der Waals surface area contributed by atoms with Gasteiger partial charge in [-0.2, -0.15) is 0 Å². The van der Waals surface area contributed by atoms with Gasteiger partial charge >= 0.3 is 0 Å². The van der Waals surface area contributed by atoms with Crippen LogP contribution in [0.25, 0.3) is 11.3 Å². The highest BCUT2D eigenvalue weighted by Gasteiger charge is 2.17. The van der Waals surface area contributed by atoms with E-state index in [1.54, 1.807) is 11.3 Å². The third-order valence-corrected chi connectivity index (χ3v) is 5.06. The SMILES string of the molecule is CC(C)NC(=O)C[NH+](C)Cc1nc(-c2ccc3c(c2)CCC(=O)N3)cs1. The Hall–Kier alpha value is -2.25. The van der Waals surface area contributed by atoms with Crippen molar-refractivity contribution in [3.05, 3.63) is 34.2 Å². The van der Waals surface area contributed by atoms with Crippen LogP contribution in [0.5, 0.6) is 0 Å². The Kier molecular flexibility index (Phi) is 5.68. The van der Waals surface area contributed by atoms with Crippen molar-refractivity contribution in [2.45, 2.75) is 39.3 Å². The molecule has 0 saturated heterocycles. The summed E-state index contributed by atoms with van der Waals surface area (Å²) >= 11 is 1.62. The minimum absolute atomic E-state index is 0.0611. The molecule has 1 aliphatic heterocycles. The number of quaternary nitrogens is 1. The number of rotatable bonds is 6. The van der Waals surface area contributed by atoms with Crippen LogP contribution in [-0.2, 0) is 22.6 Å². The Balaban J connectivity index is 1.64. The number of amides is 2. The smallest absolute Gasteiger partial charge is 0.275 e. The fourth-order valence-electron chi connectivity index (χ4n) is 3.04. The lowest BCUT2D eigenvalue weighted by atomic mass is 9.99. The zero-order chi connectivity index (χ0) is 18.7. The minimum atomic E-state index is 0.0611. The van der Waals surface area contributed by atoms with E-state index in [1.165, 1.54) is 0 Å². The highest BCUT2D eigenvalue weighted by molar-refractivity contribution is 7.09. The van der Waals surface area contributed by atoms with Crippen LogP contribution in [0.4, 0.5) is 5.69 Å². The zero-order valence-corrected chi connectivity index (χ0v) is 16.2. The van der Waals surface area contributed by atoms with E-state index in [9.17, 15) is 9.59 Å². The maximum atomic E-state index is 11.9.